The van der Waals surface area contributed by atoms with E-state index in [-0.39, 0.29) is 24.2 Å². The summed E-state index contributed by atoms with van der Waals surface area (Å²) < 4.78 is 5.18. The van der Waals surface area contributed by atoms with Gasteiger partial charge in [-0.2, -0.15) is 0 Å². The molecule has 1 aliphatic rings. The van der Waals surface area contributed by atoms with Crippen molar-refractivity contribution in [2.75, 3.05) is 6.54 Å². The van der Waals surface area contributed by atoms with Gasteiger partial charge < -0.3 is 10.1 Å². The third kappa shape index (κ3) is 4.53. The highest BCUT2D eigenvalue weighted by atomic mass is 35.5. The van der Waals surface area contributed by atoms with Crippen molar-refractivity contribution in [1.82, 2.24) is 5.32 Å². The van der Waals surface area contributed by atoms with E-state index >= 15 is 0 Å². The number of rotatable bonds is 6. The molecular formula is C15H18ClNO3. The van der Waals surface area contributed by atoms with Gasteiger partial charge in [0.25, 0.3) is 0 Å². The fraction of sp³-hybridized carbons (Fsp3) is 0.467. The number of nitrogens with one attached hydrogen (secondary N) is 1. The van der Waals surface area contributed by atoms with Gasteiger partial charge in [-0.3, -0.25) is 9.59 Å². The van der Waals surface area contributed by atoms with E-state index in [2.05, 4.69) is 5.32 Å². The lowest BCUT2D eigenvalue weighted by Gasteiger charge is -2.07. The van der Waals surface area contributed by atoms with Crippen LogP contribution < -0.4 is 10.1 Å². The molecule has 1 amide bonds. The number of amides is 1. The molecule has 4 nitrogen and oxygen atoms in total. The number of hydrogen-bond donors (Lipinski definition) is 1. The first kappa shape index (κ1) is 14.9. The highest BCUT2D eigenvalue weighted by molar-refractivity contribution is 6.32. The second-order valence-electron chi connectivity index (χ2n) is 5.08. The van der Waals surface area contributed by atoms with Crippen LogP contribution >= 0.6 is 11.6 Å². The number of ether oxygens (including phenoxy) is 1. The van der Waals surface area contributed by atoms with Crippen LogP contribution in [0, 0.1) is 12.8 Å². The van der Waals surface area contributed by atoms with E-state index < -0.39 is 0 Å². The molecule has 1 fully saturated rings. The zero-order chi connectivity index (χ0) is 14.5. The Bertz CT molecular complexity index is 512. The first-order chi connectivity index (χ1) is 9.56. The van der Waals surface area contributed by atoms with E-state index in [0.717, 1.165) is 18.4 Å². The normalized spacial score (nSPS) is 13.9. The van der Waals surface area contributed by atoms with Crippen molar-refractivity contribution in [1.29, 1.82) is 0 Å². The maximum absolute atomic E-state index is 11.6. The zero-order valence-electron chi connectivity index (χ0n) is 11.4. The molecule has 1 aromatic carbocycles. The monoisotopic (exact) mass is 295 g/mol. The summed E-state index contributed by atoms with van der Waals surface area (Å²) >= 11 is 5.98. The van der Waals surface area contributed by atoms with Gasteiger partial charge in [0.05, 0.1) is 5.02 Å². The number of aryl methyl sites for hydroxylation is 1. The van der Waals surface area contributed by atoms with Crippen LogP contribution in [0.2, 0.25) is 5.02 Å². The summed E-state index contributed by atoms with van der Waals surface area (Å²) in [4.78, 5) is 23.0. The molecule has 0 spiro atoms. The van der Waals surface area contributed by atoms with E-state index in [1.807, 2.05) is 13.0 Å². The van der Waals surface area contributed by atoms with Crippen LogP contribution in [-0.2, 0) is 9.59 Å². The molecule has 0 atom stereocenters. The minimum absolute atomic E-state index is 0.0972. The Morgan fingerprint density at radius 2 is 2.15 bits per heavy atom. The van der Waals surface area contributed by atoms with Gasteiger partial charge in [-0.05, 0) is 43.9 Å². The maximum atomic E-state index is 11.6. The summed E-state index contributed by atoms with van der Waals surface area (Å²) in [5.74, 6) is 0.342. The third-order valence-corrected chi connectivity index (χ3v) is 3.41. The molecule has 1 N–H and O–H groups in total. The lowest BCUT2D eigenvalue weighted by atomic mass is 10.2. The quantitative estimate of drug-likeness (QED) is 0.499. The SMILES string of the molecule is Cc1ccc(OC(=O)CCCNC(=O)C2CC2)c(Cl)c1. The van der Waals surface area contributed by atoms with Crippen molar-refractivity contribution in [2.45, 2.75) is 32.6 Å². The van der Waals surface area contributed by atoms with Gasteiger partial charge >= 0.3 is 5.97 Å². The molecule has 1 saturated carbocycles. The van der Waals surface area contributed by atoms with Crippen molar-refractivity contribution in [3.05, 3.63) is 28.8 Å². The van der Waals surface area contributed by atoms with E-state index in [4.69, 9.17) is 16.3 Å². The summed E-state index contributed by atoms with van der Waals surface area (Å²) in [6, 6.07) is 5.27. The second kappa shape index (κ2) is 6.75. The fourth-order valence-electron chi connectivity index (χ4n) is 1.80. The number of benzene rings is 1. The lowest BCUT2D eigenvalue weighted by molar-refractivity contribution is -0.134. The van der Waals surface area contributed by atoms with Gasteiger partial charge in [0, 0.05) is 18.9 Å². The van der Waals surface area contributed by atoms with Crippen LogP contribution in [0.25, 0.3) is 0 Å². The van der Waals surface area contributed by atoms with Crippen molar-refractivity contribution >= 4 is 23.5 Å². The Morgan fingerprint density at radius 1 is 1.40 bits per heavy atom. The Hall–Kier alpha value is -1.55. The van der Waals surface area contributed by atoms with Crippen molar-refractivity contribution in [3.63, 3.8) is 0 Å². The second-order valence-corrected chi connectivity index (χ2v) is 5.48. The molecule has 20 heavy (non-hydrogen) atoms. The molecule has 0 aromatic heterocycles. The van der Waals surface area contributed by atoms with Gasteiger partial charge in [-0.15, -0.1) is 0 Å². The molecule has 1 aromatic rings. The average Bonchev–Trinajstić information content (AvgIpc) is 3.22. The predicted molar refractivity (Wildman–Crippen MR) is 76.8 cm³/mol. The first-order valence-electron chi connectivity index (χ1n) is 6.81. The predicted octanol–water partition coefficient (Wildman–Crippen LogP) is 2.86. The van der Waals surface area contributed by atoms with Gasteiger partial charge in [-0.25, -0.2) is 0 Å². The van der Waals surface area contributed by atoms with Crippen molar-refractivity contribution < 1.29 is 14.3 Å². The van der Waals surface area contributed by atoms with E-state index in [1.165, 1.54) is 0 Å². The van der Waals surface area contributed by atoms with Gasteiger partial charge in [-0.1, -0.05) is 17.7 Å². The molecule has 0 radical (unpaired) electrons. The summed E-state index contributed by atoms with van der Waals surface area (Å²) in [6.45, 7) is 2.42. The first-order valence-corrected chi connectivity index (χ1v) is 7.18. The van der Waals surface area contributed by atoms with Gasteiger partial charge in [0.15, 0.2) is 0 Å². The Morgan fingerprint density at radius 3 is 2.80 bits per heavy atom. The highest BCUT2D eigenvalue weighted by Gasteiger charge is 2.28. The number of carbonyl (C=O) groups excluding carboxylic acids is 2. The van der Waals surface area contributed by atoms with Crippen LogP contribution in [0.4, 0.5) is 0 Å². The fourth-order valence-corrected chi connectivity index (χ4v) is 2.07. The highest BCUT2D eigenvalue weighted by Crippen LogP contribution is 2.28. The van der Waals surface area contributed by atoms with E-state index in [1.54, 1.807) is 12.1 Å². The third-order valence-electron chi connectivity index (χ3n) is 3.12. The van der Waals surface area contributed by atoms with Crippen LogP contribution in [-0.4, -0.2) is 18.4 Å². The number of carbonyl (C=O) groups is 2. The molecule has 5 heteroatoms. The molecule has 2 rings (SSSR count). The zero-order valence-corrected chi connectivity index (χ0v) is 12.2. The van der Waals surface area contributed by atoms with Crippen LogP contribution in [0.15, 0.2) is 18.2 Å². The largest absolute Gasteiger partial charge is 0.425 e. The topological polar surface area (TPSA) is 55.4 Å². The summed E-state index contributed by atoms with van der Waals surface area (Å²) in [7, 11) is 0. The standard InChI is InChI=1S/C15H18ClNO3/c1-10-4-7-13(12(16)9-10)20-14(18)3-2-8-17-15(19)11-5-6-11/h4,7,9,11H,2-3,5-6,8H2,1H3,(H,17,19). The Labute approximate surface area is 123 Å². The van der Waals surface area contributed by atoms with Gasteiger partial charge in [0.1, 0.15) is 5.75 Å². The molecule has 0 aliphatic heterocycles. The van der Waals surface area contributed by atoms with Crippen molar-refractivity contribution in [2.24, 2.45) is 5.92 Å². The maximum Gasteiger partial charge on any atom is 0.311 e. The number of hydrogen-bond acceptors (Lipinski definition) is 3. The minimum Gasteiger partial charge on any atom is -0.425 e. The number of esters is 1. The van der Waals surface area contributed by atoms with Crippen LogP contribution in [0.5, 0.6) is 5.75 Å². The molecular weight excluding hydrogens is 278 g/mol. The van der Waals surface area contributed by atoms with E-state index in [9.17, 15) is 9.59 Å². The lowest BCUT2D eigenvalue weighted by Crippen LogP contribution is -2.26. The molecule has 0 saturated heterocycles. The smallest absolute Gasteiger partial charge is 0.311 e. The van der Waals surface area contributed by atoms with E-state index in [0.29, 0.717) is 23.7 Å². The molecule has 108 valence electrons. The molecule has 1 aliphatic carbocycles. The molecule has 0 unspecified atom stereocenters. The summed E-state index contributed by atoms with van der Waals surface area (Å²) in [5.41, 5.74) is 1.01. The Kier molecular flexibility index (Phi) is 5.01. The molecule has 0 bridgehead atoms. The van der Waals surface area contributed by atoms with Crippen LogP contribution in [0.1, 0.15) is 31.2 Å². The van der Waals surface area contributed by atoms with Crippen LogP contribution in [0.3, 0.4) is 0 Å². The number of halogens is 1. The van der Waals surface area contributed by atoms with Crippen molar-refractivity contribution in [3.8, 4) is 5.75 Å². The average molecular weight is 296 g/mol. The summed E-state index contributed by atoms with van der Waals surface area (Å²) in [6.07, 6.45) is 2.80. The molecule has 0 heterocycles. The minimum atomic E-state index is -0.337. The Balaban J connectivity index is 1.68. The van der Waals surface area contributed by atoms with Gasteiger partial charge in [0.2, 0.25) is 5.91 Å². The summed E-state index contributed by atoms with van der Waals surface area (Å²) in [5, 5.41) is 3.24.